The SMILES string of the molecule is CCCc1cccc(C(C)C(C)c2ccccc2)c1. The second-order valence-corrected chi connectivity index (χ2v) is 5.48. The van der Waals surface area contributed by atoms with Gasteiger partial charge in [-0.15, -0.1) is 0 Å². The van der Waals surface area contributed by atoms with Crippen LogP contribution in [0.4, 0.5) is 0 Å². The highest BCUT2D eigenvalue weighted by Gasteiger charge is 2.16. The van der Waals surface area contributed by atoms with E-state index in [1.165, 1.54) is 29.5 Å². The zero-order valence-electron chi connectivity index (χ0n) is 12.3. The smallest absolute Gasteiger partial charge is 0.0124 e. The summed E-state index contributed by atoms with van der Waals surface area (Å²) in [5.74, 6) is 1.11. The summed E-state index contributed by atoms with van der Waals surface area (Å²) in [5, 5.41) is 0. The van der Waals surface area contributed by atoms with Gasteiger partial charge in [0.05, 0.1) is 0 Å². The first-order valence-electron chi connectivity index (χ1n) is 7.36. The summed E-state index contributed by atoms with van der Waals surface area (Å²) < 4.78 is 0. The predicted molar refractivity (Wildman–Crippen MR) is 83.7 cm³/mol. The Bertz CT molecular complexity index is 498. The average molecular weight is 252 g/mol. The van der Waals surface area contributed by atoms with E-state index >= 15 is 0 Å². The maximum absolute atomic E-state index is 2.38. The molecule has 2 aromatic carbocycles. The summed E-state index contributed by atoms with van der Waals surface area (Å²) >= 11 is 0. The Hall–Kier alpha value is -1.56. The molecule has 0 aliphatic rings. The van der Waals surface area contributed by atoms with E-state index in [-0.39, 0.29) is 0 Å². The second-order valence-electron chi connectivity index (χ2n) is 5.48. The van der Waals surface area contributed by atoms with Gasteiger partial charge in [-0.2, -0.15) is 0 Å². The first-order valence-corrected chi connectivity index (χ1v) is 7.36. The van der Waals surface area contributed by atoms with Crippen molar-refractivity contribution in [3.8, 4) is 0 Å². The van der Waals surface area contributed by atoms with Gasteiger partial charge in [0.2, 0.25) is 0 Å². The Balaban J connectivity index is 2.19. The van der Waals surface area contributed by atoms with Crippen molar-refractivity contribution in [3.63, 3.8) is 0 Å². The van der Waals surface area contributed by atoms with Gasteiger partial charge in [0.1, 0.15) is 0 Å². The van der Waals surface area contributed by atoms with Crippen molar-refractivity contribution in [1.82, 2.24) is 0 Å². The van der Waals surface area contributed by atoms with Gasteiger partial charge in [-0.1, -0.05) is 81.8 Å². The lowest BCUT2D eigenvalue weighted by Gasteiger charge is -2.21. The fourth-order valence-corrected chi connectivity index (χ4v) is 2.65. The topological polar surface area (TPSA) is 0 Å². The highest BCUT2D eigenvalue weighted by atomic mass is 14.2. The van der Waals surface area contributed by atoms with Crippen molar-refractivity contribution in [2.24, 2.45) is 0 Å². The van der Waals surface area contributed by atoms with E-state index in [0.29, 0.717) is 11.8 Å². The summed E-state index contributed by atoms with van der Waals surface area (Å²) in [7, 11) is 0. The van der Waals surface area contributed by atoms with Gasteiger partial charge in [-0.3, -0.25) is 0 Å². The van der Waals surface area contributed by atoms with Gasteiger partial charge in [0.25, 0.3) is 0 Å². The third-order valence-corrected chi connectivity index (χ3v) is 4.09. The minimum atomic E-state index is 0.554. The van der Waals surface area contributed by atoms with Crippen LogP contribution in [-0.4, -0.2) is 0 Å². The third kappa shape index (κ3) is 3.47. The van der Waals surface area contributed by atoms with Crippen molar-refractivity contribution in [2.45, 2.75) is 45.4 Å². The fraction of sp³-hybridized carbons (Fsp3) is 0.368. The Morgan fingerprint density at radius 2 is 1.42 bits per heavy atom. The highest BCUT2D eigenvalue weighted by molar-refractivity contribution is 5.30. The summed E-state index contributed by atoms with van der Waals surface area (Å²) in [6, 6.07) is 19.9. The maximum Gasteiger partial charge on any atom is -0.0124 e. The molecule has 2 atom stereocenters. The Labute approximate surface area is 117 Å². The third-order valence-electron chi connectivity index (χ3n) is 4.09. The van der Waals surface area contributed by atoms with Crippen LogP contribution in [0.25, 0.3) is 0 Å². The highest BCUT2D eigenvalue weighted by Crippen LogP contribution is 2.32. The van der Waals surface area contributed by atoms with E-state index < -0.39 is 0 Å². The maximum atomic E-state index is 2.38. The summed E-state index contributed by atoms with van der Waals surface area (Å²) in [4.78, 5) is 0. The zero-order valence-corrected chi connectivity index (χ0v) is 12.3. The summed E-state index contributed by atoms with van der Waals surface area (Å²) in [5.41, 5.74) is 4.35. The van der Waals surface area contributed by atoms with Crippen LogP contribution in [0.5, 0.6) is 0 Å². The van der Waals surface area contributed by atoms with Crippen molar-refractivity contribution in [2.75, 3.05) is 0 Å². The van der Waals surface area contributed by atoms with Crippen LogP contribution < -0.4 is 0 Å². The number of aryl methyl sites for hydroxylation is 1. The molecule has 0 spiro atoms. The zero-order chi connectivity index (χ0) is 13.7. The van der Waals surface area contributed by atoms with Crippen molar-refractivity contribution in [3.05, 3.63) is 71.3 Å². The molecule has 0 saturated heterocycles. The van der Waals surface area contributed by atoms with Gasteiger partial charge in [-0.25, -0.2) is 0 Å². The molecule has 2 rings (SSSR count). The largest absolute Gasteiger partial charge is 0.0651 e. The van der Waals surface area contributed by atoms with E-state index in [2.05, 4.69) is 75.4 Å². The number of benzene rings is 2. The van der Waals surface area contributed by atoms with Crippen LogP contribution in [0, 0.1) is 0 Å². The standard InChI is InChI=1S/C19H24/c1-4-9-17-10-8-13-19(14-17)16(3)15(2)18-11-6-5-7-12-18/h5-8,10-16H,4,9H2,1-3H3. The molecule has 100 valence electrons. The quantitative estimate of drug-likeness (QED) is 0.654. The van der Waals surface area contributed by atoms with Gasteiger partial charge in [0, 0.05) is 0 Å². The van der Waals surface area contributed by atoms with Crippen LogP contribution in [0.15, 0.2) is 54.6 Å². The lowest BCUT2D eigenvalue weighted by molar-refractivity contribution is 0.623. The van der Waals surface area contributed by atoms with E-state index in [4.69, 9.17) is 0 Å². The summed E-state index contributed by atoms with van der Waals surface area (Å²) in [6.07, 6.45) is 2.40. The van der Waals surface area contributed by atoms with Gasteiger partial charge in [-0.05, 0) is 34.9 Å². The molecule has 0 aromatic heterocycles. The Morgan fingerprint density at radius 1 is 0.789 bits per heavy atom. The monoisotopic (exact) mass is 252 g/mol. The lowest BCUT2D eigenvalue weighted by Crippen LogP contribution is -2.05. The minimum absolute atomic E-state index is 0.554. The predicted octanol–water partition coefficient (Wildman–Crippen LogP) is 5.55. The molecule has 0 nitrogen and oxygen atoms in total. The Morgan fingerprint density at radius 3 is 2.11 bits per heavy atom. The normalized spacial score (nSPS) is 14.1. The first-order chi connectivity index (χ1) is 9.22. The van der Waals surface area contributed by atoms with Crippen LogP contribution in [0.3, 0.4) is 0 Å². The molecular formula is C19H24. The van der Waals surface area contributed by atoms with Gasteiger partial charge >= 0.3 is 0 Å². The van der Waals surface area contributed by atoms with E-state index in [0.717, 1.165) is 0 Å². The van der Waals surface area contributed by atoms with Crippen LogP contribution in [0.1, 0.15) is 55.7 Å². The van der Waals surface area contributed by atoms with E-state index in [9.17, 15) is 0 Å². The van der Waals surface area contributed by atoms with Crippen molar-refractivity contribution >= 4 is 0 Å². The molecule has 0 aliphatic heterocycles. The van der Waals surface area contributed by atoms with E-state index in [1.54, 1.807) is 0 Å². The molecule has 0 amide bonds. The molecule has 0 aliphatic carbocycles. The molecule has 2 aromatic rings. The molecule has 0 fully saturated rings. The minimum Gasteiger partial charge on any atom is -0.0651 e. The molecule has 0 saturated carbocycles. The second kappa shape index (κ2) is 6.56. The molecule has 0 heterocycles. The Kier molecular flexibility index (Phi) is 4.79. The molecular weight excluding hydrogens is 228 g/mol. The number of hydrogen-bond acceptors (Lipinski definition) is 0. The van der Waals surface area contributed by atoms with E-state index in [1.807, 2.05) is 0 Å². The number of rotatable bonds is 5. The molecule has 0 radical (unpaired) electrons. The van der Waals surface area contributed by atoms with Crippen LogP contribution in [-0.2, 0) is 6.42 Å². The average Bonchev–Trinajstić information content (AvgIpc) is 2.47. The van der Waals surface area contributed by atoms with Crippen LogP contribution in [0.2, 0.25) is 0 Å². The molecule has 0 N–H and O–H groups in total. The van der Waals surface area contributed by atoms with Gasteiger partial charge in [0.15, 0.2) is 0 Å². The molecule has 19 heavy (non-hydrogen) atoms. The molecule has 2 unspecified atom stereocenters. The number of hydrogen-bond donors (Lipinski definition) is 0. The van der Waals surface area contributed by atoms with Crippen molar-refractivity contribution in [1.29, 1.82) is 0 Å². The first kappa shape index (κ1) is 13.9. The molecule has 0 bridgehead atoms. The van der Waals surface area contributed by atoms with Gasteiger partial charge < -0.3 is 0 Å². The van der Waals surface area contributed by atoms with Crippen LogP contribution >= 0.6 is 0 Å². The van der Waals surface area contributed by atoms with Crippen molar-refractivity contribution < 1.29 is 0 Å². The molecule has 0 heteroatoms. The fourth-order valence-electron chi connectivity index (χ4n) is 2.65. The summed E-state index contributed by atoms with van der Waals surface area (Å²) in [6.45, 7) is 6.90. The lowest BCUT2D eigenvalue weighted by atomic mass is 9.83.